The quantitative estimate of drug-likeness (QED) is 0.563. The Balaban J connectivity index is 1.41. The van der Waals surface area contributed by atoms with Gasteiger partial charge in [0.05, 0.1) is 12.0 Å². The molecule has 172 valence electrons. The molecule has 9 heteroatoms. The van der Waals surface area contributed by atoms with Crippen molar-refractivity contribution in [3.05, 3.63) is 65.9 Å². The first-order chi connectivity index (χ1) is 15.9. The fourth-order valence-corrected chi connectivity index (χ4v) is 4.04. The number of hydrogen-bond acceptors (Lipinski definition) is 5. The number of hydrogen-bond donors (Lipinski definition) is 2. The van der Waals surface area contributed by atoms with E-state index in [-0.39, 0.29) is 18.5 Å². The molecule has 3 heterocycles. The van der Waals surface area contributed by atoms with Crippen molar-refractivity contribution in [1.82, 2.24) is 15.1 Å². The lowest BCUT2D eigenvalue weighted by atomic mass is 10.1. The first kappa shape index (κ1) is 22.3. The zero-order chi connectivity index (χ0) is 23.4. The van der Waals surface area contributed by atoms with Gasteiger partial charge in [-0.2, -0.15) is 5.10 Å². The van der Waals surface area contributed by atoms with Gasteiger partial charge in [-0.1, -0.05) is 6.07 Å². The molecule has 2 aromatic heterocycles. The van der Waals surface area contributed by atoms with Gasteiger partial charge < -0.3 is 20.0 Å². The molecule has 0 bridgehead atoms. The number of nitrogens with zero attached hydrogens (tertiary/aromatic N) is 3. The third-order valence-electron chi connectivity index (χ3n) is 5.61. The normalized spacial score (nSPS) is 14.7. The minimum Gasteiger partial charge on any atom is -0.467 e. The number of piperidine rings is 1. The van der Waals surface area contributed by atoms with Gasteiger partial charge in [0.15, 0.2) is 0 Å². The Hall–Kier alpha value is -3.88. The molecule has 0 saturated carbocycles. The van der Waals surface area contributed by atoms with Crippen LogP contribution in [0.25, 0.3) is 0 Å². The summed E-state index contributed by atoms with van der Waals surface area (Å²) in [6.07, 6.45) is 3.91. The summed E-state index contributed by atoms with van der Waals surface area (Å²) in [5.41, 5.74) is 2.92. The molecule has 1 fully saturated rings. The van der Waals surface area contributed by atoms with Crippen LogP contribution in [0.15, 0.2) is 53.1 Å². The van der Waals surface area contributed by atoms with Crippen LogP contribution in [0.1, 0.15) is 42.5 Å². The standard InChI is InChI=1S/C24H27N5O4/c1-16-13-17(2)29(27-16)20(21-9-6-12-33-21)15-25-23(31)24(32)26-18-7-5-8-19(14-18)28-11-4-3-10-22(28)30/h5-9,12-14,20H,3-4,10-11,15H2,1-2H3,(H,25,31)(H,26,32). The number of anilines is 2. The monoisotopic (exact) mass is 449 g/mol. The number of rotatable bonds is 6. The fraction of sp³-hybridized carbons (Fsp3) is 0.333. The van der Waals surface area contributed by atoms with E-state index >= 15 is 0 Å². The number of carbonyl (C=O) groups excluding carboxylic acids is 3. The molecule has 0 radical (unpaired) electrons. The van der Waals surface area contributed by atoms with Crippen LogP contribution in [0.2, 0.25) is 0 Å². The molecule has 0 spiro atoms. The minimum atomic E-state index is -0.788. The highest BCUT2D eigenvalue weighted by molar-refractivity contribution is 6.39. The SMILES string of the molecule is Cc1cc(C)n(C(CNC(=O)C(=O)Nc2cccc(N3CCCCC3=O)c2)c2ccco2)n1. The van der Waals surface area contributed by atoms with E-state index in [1.54, 1.807) is 46.2 Å². The van der Waals surface area contributed by atoms with Crippen LogP contribution in [0.5, 0.6) is 0 Å². The Morgan fingerprint density at radius 2 is 1.97 bits per heavy atom. The molecule has 9 nitrogen and oxygen atoms in total. The molecular weight excluding hydrogens is 422 g/mol. The van der Waals surface area contributed by atoms with Gasteiger partial charge in [0.1, 0.15) is 11.8 Å². The molecule has 3 amide bonds. The van der Waals surface area contributed by atoms with Gasteiger partial charge in [-0.05, 0) is 63.1 Å². The molecule has 1 aliphatic heterocycles. The molecule has 33 heavy (non-hydrogen) atoms. The van der Waals surface area contributed by atoms with Crippen molar-refractivity contribution < 1.29 is 18.8 Å². The van der Waals surface area contributed by atoms with Crippen LogP contribution in [0, 0.1) is 13.8 Å². The van der Waals surface area contributed by atoms with Crippen molar-refractivity contribution in [3.8, 4) is 0 Å². The molecule has 1 aliphatic rings. The molecule has 1 aromatic carbocycles. The summed E-state index contributed by atoms with van der Waals surface area (Å²) in [5.74, 6) is -0.868. The predicted octanol–water partition coefficient (Wildman–Crippen LogP) is 2.95. The van der Waals surface area contributed by atoms with Gasteiger partial charge in [0, 0.05) is 36.6 Å². The Morgan fingerprint density at radius 1 is 1.12 bits per heavy atom. The molecule has 2 N–H and O–H groups in total. The topological polar surface area (TPSA) is 109 Å². The van der Waals surface area contributed by atoms with Gasteiger partial charge >= 0.3 is 11.8 Å². The van der Waals surface area contributed by atoms with Crippen LogP contribution in [-0.2, 0) is 14.4 Å². The van der Waals surface area contributed by atoms with Crippen LogP contribution < -0.4 is 15.5 Å². The van der Waals surface area contributed by atoms with Gasteiger partial charge in [-0.3, -0.25) is 19.1 Å². The Kier molecular flexibility index (Phi) is 6.58. The molecule has 4 rings (SSSR count). The lowest BCUT2D eigenvalue weighted by molar-refractivity contribution is -0.136. The molecule has 1 unspecified atom stereocenters. The summed E-state index contributed by atoms with van der Waals surface area (Å²) in [4.78, 5) is 38.9. The second-order valence-corrected chi connectivity index (χ2v) is 8.12. The van der Waals surface area contributed by atoms with Crippen molar-refractivity contribution in [1.29, 1.82) is 0 Å². The van der Waals surface area contributed by atoms with E-state index in [1.165, 1.54) is 0 Å². The second-order valence-electron chi connectivity index (χ2n) is 8.12. The summed E-state index contributed by atoms with van der Waals surface area (Å²) < 4.78 is 7.31. The van der Waals surface area contributed by atoms with E-state index in [0.717, 1.165) is 24.2 Å². The van der Waals surface area contributed by atoms with Crippen LogP contribution in [0.4, 0.5) is 11.4 Å². The van der Waals surface area contributed by atoms with Crippen molar-refractivity contribution >= 4 is 29.1 Å². The number of benzene rings is 1. The summed E-state index contributed by atoms with van der Waals surface area (Å²) in [6, 6.07) is 12.1. The maximum atomic E-state index is 12.5. The summed E-state index contributed by atoms with van der Waals surface area (Å²) >= 11 is 0. The van der Waals surface area contributed by atoms with Gasteiger partial charge in [-0.25, -0.2) is 0 Å². The molecule has 3 aromatic rings. The van der Waals surface area contributed by atoms with Crippen LogP contribution in [0.3, 0.4) is 0 Å². The molecular formula is C24H27N5O4. The molecule has 1 saturated heterocycles. The van der Waals surface area contributed by atoms with Crippen LogP contribution in [-0.4, -0.2) is 40.6 Å². The summed E-state index contributed by atoms with van der Waals surface area (Å²) in [6.45, 7) is 4.59. The lowest BCUT2D eigenvalue weighted by Crippen LogP contribution is -2.39. The van der Waals surface area contributed by atoms with E-state index in [1.807, 2.05) is 26.0 Å². The number of aryl methyl sites for hydroxylation is 2. The minimum absolute atomic E-state index is 0.0654. The Bertz CT molecular complexity index is 1150. The fourth-order valence-electron chi connectivity index (χ4n) is 4.04. The Labute approximate surface area is 191 Å². The number of carbonyl (C=O) groups is 3. The number of nitrogens with one attached hydrogen (secondary N) is 2. The van der Waals surface area contributed by atoms with Gasteiger partial charge in [0.2, 0.25) is 5.91 Å². The van der Waals surface area contributed by atoms with Crippen molar-refractivity contribution in [3.63, 3.8) is 0 Å². The zero-order valence-corrected chi connectivity index (χ0v) is 18.7. The second kappa shape index (κ2) is 9.72. The van der Waals surface area contributed by atoms with Crippen LogP contribution >= 0.6 is 0 Å². The molecule has 1 atom stereocenters. The average molecular weight is 450 g/mol. The third kappa shape index (κ3) is 5.14. The maximum Gasteiger partial charge on any atom is 0.313 e. The lowest BCUT2D eigenvalue weighted by Gasteiger charge is -2.27. The number of amides is 3. The van der Waals surface area contributed by atoms with E-state index in [2.05, 4.69) is 15.7 Å². The smallest absolute Gasteiger partial charge is 0.313 e. The first-order valence-corrected chi connectivity index (χ1v) is 11.0. The van der Waals surface area contributed by atoms with E-state index in [4.69, 9.17) is 4.42 Å². The highest BCUT2D eigenvalue weighted by Gasteiger charge is 2.23. The van der Waals surface area contributed by atoms with Crippen molar-refractivity contribution in [2.75, 3.05) is 23.3 Å². The van der Waals surface area contributed by atoms with E-state index in [0.29, 0.717) is 30.1 Å². The van der Waals surface area contributed by atoms with E-state index < -0.39 is 11.8 Å². The zero-order valence-electron chi connectivity index (χ0n) is 18.7. The largest absolute Gasteiger partial charge is 0.467 e. The van der Waals surface area contributed by atoms with Crippen molar-refractivity contribution in [2.24, 2.45) is 0 Å². The van der Waals surface area contributed by atoms with Crippen molar-refractivity contribution in [2.45, 2.75) is 39.2 Å². The average Bonchev–Trinajstić information content (AvgIpc) is 3.44. The molecule has 0 aliphatic carbocycles. The first-order valence-electron chi connectivity index (χ1n) is 11.0. The Morgan fingerprint density at radius 3 is 2.67 bits per heavy atom. The maximum absolute atomic E-state index is 12.5. The summed E-state index contributed by atoms with van der Waals surface area (Å²) in [5, 5.41) is 9.78. The van der Waals surface area contributed by atoms with Gasteiger partial charge in [-0.15, -0.1) is 0 Å². The number of aromatic nitrogens is 2. The van der Waals surface area contributed by atoms with Gasteiger partial charge in [0.25, 0.3) is 0 Å². The number of furan rings is 1. The third-order valence-corrected chi connectivity index (χ3v) is 5.61. The predicted molar refractivity (Wildman–Crippen MR) is 123 cm³/mol. The van der Waals surface area contributed by atoms with E-state index in [9.17, 15) is 14.4 Å². The highest BCUT2D eigenvalue weighted by Crippen LogP contribution is 2.24. The summed E-state index contributed by atoms with van der Waals surface area (Å²) in [7, 11) is 0. The highest BCUT2D eigenvalue weighted by atomic mass is 16.3.